The number of rotatable bonds is 2. The molecule has 0 spiro atoms. The summed E-state index contributed by atoms with van der Waals surface area (Å²) in [7, 11) is -2.92. The second-order valence-electron chi connectivity index (χ2n) is 5.92. The van der Waals surface area contributed by atoms with Crippen molar-refractivity contribution in [2.24, 2.45) is 16.7 Å². The fourth-order valence-electron chi connectivity index (χ4n) is 3.78. The molecule has 0 aromatic rings. The zero-order valence-corrected chi connectivity index (χ0v) is 10.7. The maximum atomic E-state index is 11.6. The van der Waals surface area contributed by atoms with Crippen molar-refractivity contribution in [3.8, 4) is 0 Å². The lowest BCUT2D eigenvalue weighted by Crippen LogP contribution is -2.37. The highest BCUT2D eigenvalue weighted by molar-refractivity contribution is 7.90. The van der Waals surface area contributed by atoms with Gasteiger partial charge in [-0.05, 0) is 30.6 Å². The zero-order chi connectivity index (χ0) is 11.5. The Labute approximate surface area is 94.2 Å². The Morgan fingerprint density at radius 3 is 2.47 bits per heavy atom. The van der Waals surface area contributed by atoms with E-state index >= 15 is 0 Å². The van der Waals surface area contributed by atoms with Gasteiger partial charge >= 0.3 is 0 Å². The number of fused-ring (bicyclic) bond motifs is 2. The van der Waals surface area contributed by atoms with Gasteiger partial charge in [0.2, 0.25) is 0 Å². The summed E-state index contributed by atoms with van der Waals surface area (Å²) < 4.78 is 23.1. The Morgan fingerprint density at radius 1 is 1.53 bits per heavy atom. The van der Waals surface area contributed by atoms with E-state index in [2.05, 4.69) is 20.4 Å². The van der Waals surface area contributed by atoms with E-state index < -0.39 is 9.84 Å². The van der Waals surface area contributed by atoms with Crippen LogP contribution in [0.25, 0.3) is 0 Å². The SMILES string of the molecule is C=C1CC2CC[C@@]1(CS(C)(=O)=O)C2(C)C.[HH]. The summed E-state index contributed by atoms with van der Waals surface area (Å²) in [6.07, 6.45) is 4.55. The molecule has 2 fully saturated rings. The van der Waals surface area contributed by atoms with Crippen molar-refractivity contribution < 1.29 is 9.84 Å². The van der Waals surface area contributed by atoms with Crippen LogP contribution in [0.4, 0.5) is 0 Å². The molecule has 0 radical (unpaired) electrons. The van der Waals surface area contributed by atoms with Gasteiger partial charge in [0.15, 0.2) is 0 Å². The Morgan fingerprint density at radius 2 is 2.13 bits per heavy atom. The molecule has 0 aromatic heterocycles. The van der Waals surface area contributed by atoms with Gasteiger partial charge < -0.3 is 0 Å². The molecule has 0 heterocycles. The highest BCUT2D eigenvalue weighted by Crippen LogP contribution is 2.68. The first-order chi connectivity index (χ1) is 6.69. The predicted molar refractivity (Wildman–Crippen MR) is 64.5 cm³/mol. The molecule has 2 aliphatic carbocycles. The quantitative estimate of drug-likeness (QED) is 0.683. The lowest BCUT2D eigenvalue weighted by atomic mass is 9.69. The molecule has 2 bridgehead atoms. The summed E-state index contributed by atoms with van der Waals surface area (Å²) in [5.41, 5.74) is 1.16. The minimum atomic E-state index is -2.92. The first-order valence-electron chi connectivity index (χ1n) is 5.55. The standard InChI is InChI=1S/C12H20O2S.H2/c1-9-7-10-5-6-12(9,11(10,2)3)8-15(4,13)14;/h10H,1,5-8H2,2-4H3;1H/t10?,12-;/m0./s1. The summed E-state index contributed by atoms with van der Waals surface area (Å²) in [5, 5.41) is 0. The fourth-order valence-corrected chi connectivity index (χ4v) is 5.40. The molecule has 15 heavy (non-hydrogen) atoms. The van der Waals surface area contributed by atoms with Crippen molar-refractivity contribution in [3.05, 3.63) is 12.2 Å². The normalized spacial score (nSPS) is 38.6. The van der Waals surface area contributed by atoms with E-state index in [-0.39, 0.29) is 12.3 Å². The number of hydrogen-bond donors (Lipinski definition) is 0. The summed E-state index contributed by atoms with van der Waals surface area (Å²) in [5.74, 6) is 0.939. The minimum Gasteiger partial charge on any atom is -0.229 e. The fraction of sp³-hybridized carbons (Fsp3) is 0.833. The van der Waals surface area contributed by atoms with E-state index in [4.69, 9.17) is 0 Å². The molecule has 3 heteroatoms. The molecule has 0 amide bonds. The van der Waals surface area contributed by atoms with Crippen LogP contribution < -0.4 is 0 Å². The van der Waals surface area contributed by atoms with Crippen LogP contribution in [0, 0.1) is 16.7 Å². The second-order valence-corrected chi connectivity index (χ2v) is 8.06. The van der Waals surface area contributed by atoms with Gasteiger partial charge in [0, 0.05) is 13.1 Å². The average molecular weight is 230 g/mol. The van der Waals surface area contributed by atoms with Crippen LogP contribution in [0.15, 0.2) is 12.2 Å². The van der Waals surface area contributed by atoms with E-state index in [0.29, 0.717) is 11.7 Å². The van der Waals surface area contributed by atoms with Gasteiger partial charge in [-0.1, -0.05) is 26.0 Å². The van der Waals surface area contributed by atoms with E-state index in [1.165, 1.54) is 18.2 Å². The third-order valence-electron chi connectivity index (χ3n) is 4.85. The predicted octanol–water partition coefficient (Wildman–Crippen LogP) is 2.66. The van der Waals surface area contributed by atoms with Gasteiger partial charge in [0.25, 0.3) is 0 Å². The summed E-state index contributed by atoms with van der Waals surface area (Å²) in [6, 6.07) is 0. The third-order valence-corrected chi connectivity index (χ3v) is 5.87. The topological polar surface area (TPSA) is 34.1 Å². The third kappa shape index (κ3) is 1.39. The first-order valence-corrected chi connectivity index (χ1v) is 7.61. The molecule has 88 valence electrons. The van der Waals surface area contributed by atoms with Gasteiger partial charge in [-0.15, -0.1) is 0 Å². The highest BCUT2D eigenvalue weighted by atomic mass is 32.2. The van der Waals surface area contributed by atoms with E-state index in [9.17, 15) is 8.42 Å². The van der Waals surface area contributed by atoms with E-state index in [1.54, 1.807) is 0 Å². The summed E-state index contributed by atoms with van der Waals surface area (Å²) in [6.45, 7) is 8.56. The van der Waals surface area contributed by atoms with E-state index in [1.807, 2.05) is 0 Å². The molecular formula is C12H22O2S. The van der Waals surface area contributed by atoms with Crippen LogP contribution in [-0.4, -0.2) is 20.4 Å². The second kappa shape index (κ2) is 2.88. The molecule has 2 saturated carbocycles. The zero-order valence-electron chi connectivity index (χ0n) is 9.84. The number of sulfone groups is 1. The van der Waals surface area contributed by atoms with Crippen LogP contribution in [0.2, 0.25) is 0 Å². The van der Waals surface area contributed by atoms with Crippen molar-refractivity contribution in [2.75, 3.05) is 12.0 Å². The summed E-state index contributed by atoms with van der Waals surface area (Å²) in [4.78, 5) is 0. The van der Waals surface area contributed by atoms with Crippen LogP contribution in [0.5, 0.6) is 0 Å². The van der Waals surface area contributed by atoms with Gasteiger partial charge in [0.05, 0.1) is 5.75 Å². The number of allylic oxidation sites excluding steroid dienone is 1. The molecule has 2 aliphatic rings. The summed E-state index contributed by atoms with van der Waals surface area (Å²) >= 11 is 0. The first kappa shape index (κ1) is 11.2. The molecule has 2 nitrogen and oxygen atoms in total. The molecule has 2 atom stereocenters. The van der Waals surface area contributed by atoms with Crippen LogP contribution in [-0.2, 0) is 9.84 Å². The van der Waals surface area contributed by atoms with Crippen LogP contribution in [0.1, 0.15) is 34.5 Å². The van der Waals surface area contributed by atoms with Gasteiger partial charge in [0.1, 0.15) is 9.84 Å². The largest absolute Gasteiger partial charge is 0.229 e. The molecule has 0 aromatic carbocycles. The molecule has 2 rings (SSSR count). The Hall–Kier alpha value is -0.310. The van der Waals surface area contributed by atoms with E-state index in [0.717, 1.165) is 12.8 Å². The monoisotopic (exact) mass is 230 g/mol. The van der Waals surface area contributed by atoms with Crippen molar-refractivity contribution in [1.82, 2.24) is 0 Å². The average Bonchev–Trinajstić information content (AvgIpc) is 2.34. The number of hydrogen-bond acceptors (Lipinski definition) is 2. The molecule has 0 aliphatic heterocycles. The van der Waals surface area contributed by atoms with Gasteiger partial charge in [-0.25, -0.2) is 8.42 Å². The molecule has 0 N–H and O–H groups in total. The minimum absolute atomic E-state index is 0. The van der Waals surface area contributed by atoms with Crippen LogP contribution >= 0.6 is 0 Å². The Kier molecular flexibility index (Phi) is 2.14. The maximum absolute atomic E-state index is 11.6. The lowest BCUT2D eigenvalue weighted by Gasteiger charge is -2.38. The lowest BCUT2D eigenvalue weighted by molar-refractivity contribution is 0.182. The van der Waals surface area contributed by atoms with Crippen molar-refractivity contribution >= 4 is 9.84 Å². The van der Waals surface area contributed by atoms with Crippen molar-refractivity contribution in [2.45, 2.75) is 33.1 Å². The maximum Gasteiger partial charge on any atom is 0.148 e. The molecular weight excluding hydrogens is 208 g/mol. The van der Waals surface area contributed by atoms with Gasteiger partial charge in [-0.2, -0.15) is 0 Å². The highest BCUT2D eigenvalue weighted by Gasteiger charge is 2.61. The van der Waals surface area contributed by atoms with Gasteiger partial charge in [-0.3, -0.25) is 0 Å². The Balaban J connectivity index is 0.00000128. The smallest absolute Gasteiger partial charge is 0.148 e. The van der Waals surface area contributed by atoms with Crippen molar-refractivity contribution in [3.63, 3.8) is 0 Å². The Bertz CT molecular complexity index is 411. The van der Waals surface area contributed by atoms with Crippen molar-refractivity contribution in [1.29, 1.82) is 0 Å². The molecule has 1 unspecified atom stereocenters. The van der Waals surface area contributed by atoms with Crippen LogP contribution in [0.3, 0.4) is 0 Å². The molecule has 0 saturated heterocycles.